The van der Waals surface area contributed by atoms with E-state index in [0.29, 0.717) is 25.6 Å². The molecule has 0 spiro atoms. The van der Waals surface area contributed by atoms with Gasteiger partial charge in [0.2, 0.25) is 5.95 Å². The Kier molecular flexibility index (Phi) is 4.47. The number of piperidine rings is 1. The predicted molar refractivity (Wildman–Crippen MR) is 70.5 cm³/mol. The minimum atomic E-state index is -4.08. The van der Waals surface area contributed by atoms with E-state index in [-0.39, 0.29) is 12.8 Å². The highest BCUT2D eigenvalue weighted by atomic mass is 19.4. The summed E-state index contributed by atoms with van der Waals surface area (Å²) in [5.41, 5.74) is 1.86. The molecule has 0 amide bonds. The Labute approximate surface area is 116 Å². The van der Waals surface area contributed by atoms with Crippen molar-refractivity contribution in [2.24, 2.45) is 5.92 Å². The molecule has 0 radical (unpaired) electrons. The summed E-state index contributed by atoms with van der Waals surface area (Å²) in [5, 5.41) is 3.03. The molecular formula is C13H19F3N4. The van der Waals surface area contributed by atoms with Gasteiger partial charge in [-0.15, -0.1) is 0 Å². The van der Waals surface area contributed by atoms with Gasteiger partial charge in [-0.05, 0) is 26.8 Å². The van der Waals surface area contributed by atoms with Crippen LogP contribution in [0.4, 0.5) is 19.1 Å². The molecule has 0 bridgehead atoms. The summed E-state index contributed by atoms with van der Waals surface area (Å²) in [5.74, 6) is -0.661. The molecule has 0 unspecified atom stereocenters. The van der Waals surface area contributed by atoms with E-state index >= 15 is 0 Å². The molecule has 20 heavy (non-hydrogen) atoms. The Hall–Kier alpha value is -1.37. The summed E-state index contributed by atoms with van der Waals surface area (Å²) >= 11 is 0. The molecule has 1 fully saturated rings. The van der Waals surface area contributed by atoms with E-state index in [2.05, 4.69) is 15.3 Å². The number of aryl methyl sites for hydroxylation is 1. The van der Waals surface area contributed by atoms with E-state index in [4.69, 9.17) is 0 Å². The Morgan fingerprint density at radius 3 is 2.50 bits per heavy atom. The van der Waals surface area contributed by atoms with E-state index in [0.717, 1.165) is 11.3 Å². The Morgan fingerprint density at radius 1 is 1.35 bits per heavy atom. The first kappa shape index (κ1) is 15.0. The van der Waals surface area contributed by atoms with Gasteiger partial charge < -0.3 is 10.2 Å². The Balaban J connectivity index is 2.02. The molecule has 0 atom stereocenters. The van der Waals surface area contributed by atoms with Crippen molar-refractivity contribution in [3.05, 3.63) is 17.5 Å². The van der Waals surface area contributed by atoms with Crippen LogP contribution in [-0.2, 0) is 6.54 Å². The molecular weight excluding hydrogens is 269 g/mol. The molecule has 1 saturated heterocycles. The summed E-state index contributed by atoms with van der Waals surface area (Å²) in [6.07, 6.45) is -2.11. The lowest BCUT2D eigenvalue weighted by atomic mass is 9.96. The summed E-state index contributed by atoms with van der Waals surface area (Å²) in [6.45, 7) is 3.28. The molecule has 1 N–H and O–H groups in total. The number of aromatic nitrogens is 2. The third kappa shape index (κ3) is 3.39. The van der Waals surface area contributed by atoms with Gasteiger partial charge in [-0.25, -0.2) is 9.97 Å². The smallest absolute Gasteiger partial charge is 0.341 e. The summed E-state index contributed by atoms with van der Waals surface area (Å²) in [4.78, 5) is 10.5. The second kappa shape index (κ2) is 5.95. The number of hydrogen-bond acceptors (Lipinski definition) is 4. The van der Waals surface area contributed by atoms with Gasteiger partial charge in [0, 0.05) is 37.1 Å². The van der Waals surface area contributed by atoms with Gasteiger partial charge in [0.05, 0.1) is 5.92 Å². The molecule has 1 aromatic heterocycles. The van der Waals surface area contributed by atoms with E-state index in [1.54, 1.807) is 6.20 Å². The molecule has 4 nitrogen and oxygen atoms in total. The van der Waals surface area contributed by atoms with Crippen LogP contribution in [-0.4, -0.2) is 36.3 Å². The number of nitrogens with one attached hydrogen (secondary N) is 1. The molecule has 1 aliphatic heterocycles. The Morgan fingerprint density at radius 2 is 2.00 bits per heavy atom. The second-order valence-corrected chi connectivity index (χ2v) is 5.11. The van der Waals surface area contributed by atoms with Crippen LogP contribution in [0.2, 0.25) is 0 Å². The molecule has 1 aliphatic rings. The number of nitrogens with zero attached hydrogens (tertiary/aromatic N) is 3. The monoisotopic (exact) mass is 288 g/mol. The molecule has 0 aromatic carbocycles. The largest absolute Gasteiger partial charge is 0.391 e. The molecule has 1 aromatic rings. The van der Waals surface area contributed by atoms with Gasteiger partial charge in [0.15, 0.2) is 0 Å². The number of hydrogen-bond donors (Lipinski definition) is 1. The fraction of sp³-hybridized carbons (Fsp3) is 0.692. The van der Waals surface area contributed by atoms with Gasteiger partial charge in [-0.2, -0.15) is 13.2 Å². The van der Waals surface area contributed by atoms with Crippen LogP contribution in [0.5, 0.6) is 0 Å². The van der Waals surface area contributed by atoms with Gasteiger partial charge in [-0.3, -0.25) is 0 Å². The van der Waals surface area contributed by atoms with Crippen LogP contribution in [0.1, 0.15) is 24.1 Å². The lowest BCUT2D eigenvalue weighted by molar-refractivity contribution is -0.179. The van der Waals surface area contributed by atoms with Crippen LogP contribution in [0, 0.1) is 12.8 Å². The average Bonchev–Trinajstić information content (AvgIpc) is 2.40. The highest BCUT2D eigenvalue weighted by Gasteiger charge is 2.41. The molecule has 2 rings (SSSR count). The topological polar surface area (TPSA) is 41.1 Å². The van der Waals surface area contributed by atoms with Crippen LogP contribution >= 0.6 is 0 Å². The lowest BCUT2D eigenvalue weighted by Gasteiger charge is -2.33. The lowest BCUT2D eigenvalue weighted by Crippen LogP contribution is -2.39. The highest BCUT2D eigenvalue weighted by molar-refractivity contribution is 5.33. The average molecular weight is 288 g/mol. The van der Waals surface area contributed by atoms with Crippen molar-refractivity contribution in [1.29, 1.82) is 0 Å². The van der Waals surface area contributed by atoms with Crippen molar-refractivity contribution in [1.82, 2.24) is 15.3 Å². The molecule has 7 heteroatoms. The first-order valence-corrected chi connectivity index (χ1v) is 6.70. The van der Waals surface area contributed by atoms with Gasteiger partial charge in [-0.1, -0.05) is 0 Å². The minimum Gasteiger partial charge on any atom is -0.341 e. The summed E-state index contributed by atoms with van der Waals surface area (Å²) in [6, 6.07) is 0. The standard InChI is InChI=1S/C13H19F3N4/c1-9-10(7-17-2)8-18-12(19-9)20-5-3-11(4-6-20)13(14,15)16/h8,11,17H,3-7H2,1-2H3. The molecule has 0 aliphatic carbocycles. The third-order valence-electron chi connectivity index (χ3n) is 3.68. The van der Waals surface area contributed by atoms with Gasteiger partial charge in [0.1, 0.15) is 0 Å². The second-order valence-electron chi connectivity index (χ2n) is 5.11. The maximum Gasteiger partial charge on any atom is 0.391 e. The Bertz CT molecular complexity index is 453. The predicted octanol–water partition coefficient (Wildman–Crippen LogP) is 2.28. The van der Waals surface area contributed by atoms with Crippen molar-refractivity contribution >= 4 is 5.95 Å². The van der Waals surface area contributed by atoms with Crippen molar-refractivity contribution in [3.63, 3.8) is 0 Å². The zero-order valence-corrected chi connectivity index (χ0v) is 11.7. The van der Waals surface area contributed by atoms with Crippen molar-refractivity contribution < 1.29 is 13.2 Å². The number of anilines is 1. The first-order valence-electron chi connectivity index (χ1n) is 6.70. The molecule has 0 saturated carbocycles. The fourth-order valence-electron chi connectivity index (χ4n) is 2.40. The van der Waals surface area contributed by atoms with Crippen molar-refractivity contribution in [2.45, 2.75) is 32.5 Å². The molecule has 2 heterocycles. The van der Waals surface area contributed by atoms with Gasteiger partial charge in [0.25, 0.3) is 0 Å². The highest BCUT2D eigenvalue weighted by Crippen LogP contribution is 2.34. The minimum absolute atomic E-state index is 0.115. The molecule has 112 valence electrons. The van der Waals surface area contributed by atoms with E-state index in [9.17, 15) is 13.2 Å². The van der Waals surface area contributed by atoms with Gasteiger partial charge >= 0.3 is 6.18 Å². The maximum absolute atomic E-state index is 12.6. The number of rotatable bonds is 3. The van der Waals surface area contributed by atoms with Crippen LogP contribution < -0.4 is 10.2 Å². The summed E-state index contributed by atoms with van der Waals surface area (Å²) in [7, 11) is 1.84. The van der Waals surface area contributed by atoms with E-state index in [1.807, 2.05) is 18.9 Å². The normalized spacial score (nSPS) is 17.6. The van der Waals surface area contributed by atoms with Crippen LogP contribution in [0.25, 0.3) is 0 Å². The maximum atomic E-state index is 12.6. The quantitative estimate of drug-likeness (QED) is 0.926. The number of alkyl halides is 3. The first-order chi connectivity index (χ1) is 9.41. The third-order valence-corrected chi connectivity index (χ3v) is 3.68. The number of halogens is 3. The fourth-order valence-corrected chi connectivity index (χ4v) is 2.40. The van der Waals surface area contributed by atoms with Crippen LogP contribution in [0.3, 0.4) is 0 Å². The zero-order chi connectivity index (χ0) is 14.8. The van der Waals surface area contributed by atoms with E-state index in [1.165, 1.54) is 0 Å². The zero-order valence-electron chi connectivity index (χ0n) is 11.7. The summed E-state index contributed by atoms with van der Waals surface area (Å²) < 4.78 is 37.8. The van der Waals surface area contributed by atoms with Crippen molar-refractivity contribution in [3.8, 4) is 0 Å². The van der Waals surface area contributed by atoms with Crippen LogP contribution in [0.15, 0.2) is 6.20 Å². The van der Waals surface area contributed by atoms with Crippen molar-refractivity contribution in [2.75, 3.05) is 25.0 Å². The SMILES string of the molecule is CNCc1cnc(N2CCC(C(F)(F)F)CC2)nc1C. The van der Waals surface area contributed by atoms with E-state index < -0.39 is 12.1 Å².